The summed E-state index contributed by atoms with van der Waals surface area (Å²) in [6.45, 7) is 0.308. The monoisotopic (exact) mass is 387 g/mol. The number of carbonyl (C=O) groups excluding carboxylic acids is 2. The van der Waals surface area contributed by atoms with Crippen LogP contribution in [0.1, 0.15) is 15.9 Å². The van der Waals surface area contributed by atoms with Gasteiger partial charge in [-0.2, -0.15) is 0 Å². The topological polar surface area (TPSA) is 96.5 Å². The summed E-state index contributed by atoms with van der Waals surface area (Å²) < 4.78 is 4.50. The summed E-state index contributed by atoms with van der Waals surface area (Å²) in [5, 5.41) is 7.41. The molecule has 1 amide bonds. The summed E-state index contributed by atoms with van der Waals surface area (Å²) in [6, 6.07) is 14.6. The van der Waals surface area contributed by atoms with Crippen LogP contribution >= 0.6 is 12.4 Å². The van der Waals surface area contributed by atoms with Crippen LogP contribution in [0.4, 0.5) is 0 Å². The highest BCUT2D eigenvalue weighted by Crippen LogP contribution is 2.20. The molecule has 27 heavy (non-hydrogen) atoms. The Hall–Kier alpha value is -3.12. The Bertz CT molecular complexity index is 831. The summed E-state index contributed by atoms with van der Waals surface area (Å²) in [6.07, 6.45) is 2.87. The van der Waals surface area contributed by atoms with E-state index in [0.29, 0.717) is 17.7 Å². The van der Waals surface area contributed by atoms with Gasteiger partial charge in [-0.15, -0.1) is 12.4 Å². The highest BCUT2D eigenvalue weighted by atomic mass is 35.5. The molecule has 3 N–H and O–H groups in total. The number of halogens is 1. The van der Waals surface area contributed by atoms with Gasteiger partial charge >= 0.3 is 5.97 Å². The van der Waals surface area contributed by atoms with E-state index in [1.165, 1.54) is 18.1 Å². The van der Waals surface area contributed by atoms with E-state index < -0.39 is 5.97 Å². The van der Waals surface area contributed by atoms with Gasteiger partial charge in [-0.05, 0) is 23.3 Å². The number of ether oxygens (including phenoxy) is 1. The molecule has 0 fully saturated rings. The Morgan fingerprint density at radius 3 is 1.96 bits per heavy atom. The van der Waals surface area contributed by atoms with Crippen LogP contribution < -0.4 is 5.73 Å². The minimum atomic E-state index is -0.453. The molecule has 0 radical (unpaired) electrons. The molecule has 2 aromatic rings. The van der Waals surface area contributed by atoms with Crippen LogP contribution in [0.3, 0.4) is 0 Å². The number of amides is 1. The lowest BCUT2D eigenvalue weighted by atomic mass is 10.0. The maximum atomic E-state index is 12.4. The van der Waals surface area contributed by atoms with Crippen molar-refractivity contribution in [1.29, 1.82) is 5.41 Å². The standard InChI is InChI=1S/C20H21N3O3.ClH/c1-23(13-3-4-18(24)26-2)20(25)17-11-7-15(8-12-17)14-5-9-16(10-6-14)19(21)22;/h3-12H,13H2,1-2H3,(H3,21,22);1H/b4-3+;. The first-order chi connectivity index (χ1) is 12.4. The van der Waals surface area contributed by atoms with E-state index in [-0.39, 0.29) is 24.1 Å². The van der Waals surface area contributed by atoms with Crippen LogP contribution in [0.2, 0.25) is 0 Å². The Balaban J connectivity index is 0.00000364. The number of rotatable bonds is 6. The minimum Gasteiger partial charge on any atom is -0.466 e. The molecule has 0 unspecified atom stereocenters. The number of methoxy groups -OCH3 is 1. The van der Waals surface area contributed by atoms with Crippen LogP contribution in [-0.2, 0) is 9.53 Å². The second-order valence-corrected chi connectivity index (χ2v) is 5.68. The van der Waals surface area contributed by atoms with Gasteiger partial charge in [-0.3, -0.25) is 10.2 Å². The van der Waals surface area contributed by atoms with Gasteiger partial charge in [0.1, 0.15) is 5.84 Å². The van der Waals surface area contributed by atoms with Crippen molar-refractivity contribution < 1.29 is 14.3 Å². The summed E-state index contributed by atoms with van der Waals surface area (Å²) >= 11 is 0. The fraction of sp³-hybridized carbons (Fsp3) is 0.150. The van der Waals surface area contributed by atoms with Crippen molar-refractivity contribution in [1.82, 2.24) is 4.90 Å². The highest BCUT2D eigenvalue weighted by Gasteiger charge is 2.10. The van der Waals surface area contributed by atoms with Crippen LogP contribution in [0.15, 0.2) is 60.7 Å². The van der Waals surface area contributed by atoms with Crippen molar-refractivity contribution in [3.8, 4) is 11.1 Å². The van der Waals surface area contributed by atoms with Crippen molar-refractivity contribution >= 4 is 30.1 Å². The van der Waals surface area contributed by atoms with Crippen LogP contribution in [0, 0.1) is 5.41 Å². The van der Waals surface area contributed by atoms with Gasteiger partial charge < -0.3 is 15.4 Å². The van der Waals surface area contributed by atoms with Crippen LogP contribution in [0.5, 0.6) is 0 Å². The van der Waals surface area contributed by atoms with Gasteiger partial charge in [-0.1, -0.05) is 42.5 Å². The quantitative estimate of drug-likeness (QED) is 0.344. The van der Waals surface area contributed by atoms with Gasteiger partial charge in [-0.25, -0.2) is 4.79 Å². The summed E-state index contributed by atoms with van der Waals surface area (Å²) in [5.41, 5.74) is 8.62. The van der Waals surface area contributed by atoms with Gasteiger partial charge in [0.2, 0.25) is 0 Å². The van der Waals surface area contributed by atoms with Crippen LogP contribution in [0.25, 0.3) is 11.1 Å². The lowest BCUT2D eigenvalue weighted by Gasteiger charge is -2.15. The number of hydrogen-bond acceptors (Lipinski definition) is 4. The molecule has 0 atom stereocenters. The molecule has 0 aliphatic heterocycles. The van der Waals surface area contributed by atoms with Crippen molar-refractivity contribution in [2.24, 2.45) is 5.73 Å². The molecule has 0 aromatic heterocycles. The number of nitrogens with two attached hydrogens (primary N) is 1. The Morgan fingerprint density at radius 1 is 1.04 bits per heavy atom. The molecular weight excluding hydrogens is 366 g/mol. The molecule has 0 spiro atoms. The molecule has 0 bridgehead atoms. The zero-order valence-electron chi connectivity index (χ0n) is 15.1. The lowest BCUT2D eigenvalue weighted by molar-refractivity contribution is -0.134. The fourth-order valence-electron chi connectivity index (χ4n) is 2.33. The third kappa shape index (κ3) is 5.97. The molecule has 0 aliphatic rings. The predicted octanol–water partition coefficient (Wildman–Crippen LogP) is 2.86. The number of nitrogen functional groups attached to an aromatic ring is 1. The summed E-state index contributed by atoms with van der Waals surface area (Å²) in [7, 11) is 2.97. The van der Waals surface area contributed by atoms with Crippen LogP contribution in [-0.4, -0.2) is 43.3 Å². The first kappa shape index (κ1) is 21.9. The summed E-state index contributed by atoms with van der Waals surface area (Å²) in [4.78, 5) is 24.9. The lowest BCUT2D eigenvalue weighted by Crippen LogP contribution is -2.26. The zero-order chi connectivity index (χ0) is 19.1. The van der Waals surface area contributed by atoms with Crippen molar-refractivity contribution in [3.05, 3.63) is 71.8 Å². The van der Waals surface area contributed by atoms with E-state index in [0.717, 1.165) is 11.1 Å². The second-order valence-electron chi connectivity index (χ2n) is 5.68. The highest BCUT2D eigenvalue weighted by molar-refractivity contribution is 5.96. The number of nitrogens with zero attached hydrogens (tertiary/aromatic N) is 1. The average Bonchev–Trinajstić information content (AvgIpc) is 2.67. The van der Waals surface area contributed by atoms with E-state index in [9.17, 15) is 9.59 Å². The SMILES string of the molecule is COC(=O)/C=C/CN(C)C(=O)c1ccc(-c2ccc(C(=N)N)cc2)cc1.Cl. The Morgan fingerprint density at radius 2 is 1.52 bits per heavy atom. The molecule has 0 saturated heterocycles. The maximum absolute atomic E-state index is 12.4. The van der Waals surface area contributed by atoms with E-state index in [4.69, 9.17) is 11.1 Å². The number of carbonyl (C=O) groups is 2. The van der Waals surface area contributed by atoms with E-state index in [1.54, 1.807) is 37.4 Å². The zero-order valence-corrected chi connectivity index (χ0v) is 16.0. The maximum Gasteiger partial charge on any atom is 0.330 e. The Kier molecular flexibility index (Phi) is 8.23. The molecule has 2 rings (SSSR count). The van der Waals surface area contributed by atoms with E-state index in [1.807, 2.05) is 24.3 Å². The van der Waals surface area contributed by atoms with Crippen molar-refractivity contribution in [2.45, 2.75) is 0 Å². The number of hydrogen-bond donors (Lipinski definition) is 2. The smallest absolute Gasteiger partial charge is 0.330 e. The molecule has 0 heterocycles. The molecule has 0 aliphatic carbocycles. The average molecular weight is 388 g/mol. The van der Waals surface area contributed by atoms with Gasteiger partial charge in [0, 0.05) is 30.8 Å². The molecule has 6 nitrogen and oxygen atoms in total. The van der Waals surface area contributed by atoms with Gasteiger partial charge in [0.25, 0.3) is 5.91 Å². The second kappa shape index (κ2) is 10.1. The minimum absolute atomic E-state index is 0. The number of likely N-dealkylation sites (N-methyl/N-ethyl adjacent to an activating group) is 1. The first-order valence-corrected chi connectivity index (χ1v) is 7.97. The Labute approximate surface area is 164 Å². The number of nitrogens with one attached hydrogen (secondary N) is 1. The van der Waals surface area contributed by atoms with E-state index in [2.05, 4.69) is 4.74 Å². The van der Waals surface area contributed by atoms with Gasteiger partial charge in [0.15, 0.2) is 0 Å². The third-order valence-corrected chi connectivity index (χ3v) is 3.84. The van der Waals surface area contributed by atoms with Gasteiger partial charge in [0.05, 0.1) is 7.11 Å². The summed E-state index contributed by atoms with van der Waals surface area (Å²) in [5.74, 6) is -0.564. The predicted molar refractivity (Wildman–Crippen MR) is 108 cm³/mol. The normalized spacial score (nSPS) is 10.1. The molecule has 2 aromatic carbocycles. The number of amidine groups is 1. The molecule has 142 valence electrons. The first-order valence-electron chi connectivity index (χ1n) is 7.97. The van der Waals surface area contributed by atoms with Crippen molar-refractivity contribution in [3.63, 3.8) is 0 Å². The molecule has 7 heteroatoms. The number of benzene rings is 2. The van der Waals surface area contributed by atoms with Crippen molar-refractivity contribution in [2.75, 3.05) is 20.7 Å². The molecular formula is C20H22ClN3O3. The fourth-order valence-corrected chi connectivity index (χ4v) is 2.33. The van der Waals surface area contributed by atoms with E-state index >= 15 is 0 Å². The third-order valence-electron chi connectivity index (χ3n) is 3.84. The largest absolute Gasteiger partial charge is 0.466 e. The molecule has 0 saturated carbocycles. The number of esters is 1.